The lowest BCUT2D eigenvalue weighted by Gasteiger charge is -2.35. The van der Waals surface area contributed by atoms with Crippen molar-refractivity contribution in [2.24, 2.45) is 5.92 Å². The Hall–Kier alpha value is -3.07. The first-order valence-electron chi connectivity index (χ1n) is 10.2. The molecule has 2 aromatic rings. The van der Waals surface area contributed by atoms with Crippen LogP contribution in [0.4, 0.5) is 0 Å². The largest absolute Gasteiger partial charge is 0.345 e. The minimum Gasteiger partial charge on any atom is -0.345 e. The quantitative estimate of drug-likeness (QED) is 0.685. The minimum atomic E-state index is -0.215. The molecular weight excluding hydrogens is 384 g/mol. The Labute approximate surface area is 174 Å². The first kappa shape index (κ1) is 20.2. The molecule has 4 rings (SSSR count). The topological polar surface area (TPSA) is 91.6 Å². The molecule has 0 bridgehead atoms. The van der Waals surface area contributed by atoms with Crippen molar-refractivity contribution in [3.8, 4) is 11.3 Å². The fourth-order valence-corrected chi connectivity index (χ4v) is 4.00. The third-order valence-electron chi connectivity index (χ3n) is 5.84. The molecule has 0 saturated carbocycles. The number of carbonyl (C=O) groups is 2. The second kappa shape index (κ2) is 8.74. The molecule has 0 radical (unpaired) electrons. The zero-order valence-corrected chi connectivity index (χ0v) is 17.1. The van der Waals surface area contributed by atoms with Gasteiger partial charge in [0.1, 0.15) is 0 Å². The van der Waals surface area contributed by atoms with E-state index >= 15 is 0 Å². The summed E-state index contributed by atoms with van der Waals surface area (Å²) in [5.74, 6) is -0.0954. The predicted octanol–water partition coefficient (Wildman–Crippen LogP) is -0.0722. The summed E-state index contributed by atoms with van der Waals surface area (Å²) in [7, 11) is 1.74. The van der Waals surface area contributed by atoms with E-state index in [1.807, 2.05) is 17.0 Å². The van der Waals surface area contributed by atoms with E-state index in [-0.39, 0.29) is 23.3 Å². The molecule has 0 aliphatic carbocycles. The molecule has 4 heterocycles. The number of amides is 2. The molecule has 158 valence electrons. The molecule has 2 fully saturated rings. The van der Waals surface area contributed by atoms with Gasteiger partial charge in [-0.2, -0.15) is 5.10 Å². The van der Waals surface area contributed by atoms with E-state index in [0.29, 0.717) is 39.1 Å². The normalized spacial score (nSPS) is 20.0. The highest BCUT2D eigenvalue weighted by atomic mass is 16.2. The van der Waals surface area contributed by atoms with Gasteiger partial charge in [0.2, 0.25) is 11.8 Å². The fraction of sp³-hybridized carbons (Fsp3) is 0.476. The van der Waals surface area contributed by atoms with Crippen molar-refractivity contribution in [2.45, 2.75) is 13.0 Å². The van der Waals surface area contributed by atoms with Gasteiger partial charge in [-0.25, -0.2) is 4.68 Å². The van der Waals surface area contributed by atoms with Gasteiger partial charge in [0.25, 0.3) is 5.56 Å². The van der Waals surface area contributed by atoms with Crippen molar-refractivity contribution < 1.29 is 9.59 Å². The maximum absolute atomic E-state index is 12.7. The molecule has 2 aromatic heterocycles. The highest BCUT2D eigenvalue weighted by Gasteiger charge is 2.35. The lowest BCUT2D eigenvalue weighted by atomic mass is 10.1. The van der Waals surface area contributed by atoms with Crippen LogP contribution >= 0.6 is 0 Å². The molecule has 9 nitrogen and oxygen atoms in total. The van der Waals surface area contributed by atoms with Crippen LogP contribution in [0.3, 0.4) is 0 Å². The third-order valence-corrected chi connectivity index (χ3v) is 5.84. The fourth-order valence-electron chi connectivity index (χ4n) is 4.00. The number of pyridine rings is 1. The van der Waals surface area contributed by atoms with Crippen LogP contribution in [0.25, 0.3) is 11.3 Å². The SMILES string of the molecule is CN1CC(C(=O)N2CCN(CCn3nc(-c4ccncc4)ccc3=O)CC2)CC1=O. The van der Waals surface area contributed by atoms with Crippen LogP contribution in [0.15, 0.2) is 41.5 Å². The average molecular weight is 410 g/mol. The molecule has 2 saturated heterocycles. The number of aromatic nitrogens is 3. The Bertz CT molecular complexity index is 968. The Morgan fingerprint density at radius 3 is 2.43 bits per heavy atom. The van der Waals surface area contributed by atoms with E-state index in [4.69, 9.17) is 0 Å². The Balaban J connectivity index is 1.30. The summed E-state index contributed by atoms with van der Waals surface area (Å²) in [6.45, 7) is 4.49. The number of hydrogen-bond donors (Lipinski definition) is 0. The highest BCUT2D eigenvalue weighted by Crippen LogP contribution is 2.19. The monoisotopic (exact) mass is 410 g/mol. The van der Waals surface area contributed by atoms with Crippen molar-refractivity contribution in [3.63, 3.8) is 0 Å². The molecular formula is C21H26N6O3. The average Bonchev–Trinajstić information content (AvgIpc) is 3.12. The molecule has 9 heteroatoms. The Morgan fingerprint density at radius 1 is 1.03 bits per heavy atom. The van der Waals surface area contributed by atoms with Gasteiger partial charge >= 0.3 is 0 Å². The lowest BCUT2D eigenvalue weighted by molar-refractivity contribution is -0.137. The molecule has 0 N–H and O–H groups in total. The van der Waals surface area contributed by atoms with E-state index < -0.39 is 0 Å². The molecule has 0 spiro atoms. The lowest BCUT2D eigenvalue weighted by Crippen LogP contribution is -2.51. The van der Waals surface area contributed by atoms with Gasteiger partial charge < -0.3 is 9.80 Å². The van der Waals surface area contributed by atoms with Crippen molar-refractivity contribution in [1.29, 1.82) is 0 Å². The highest BCUT2D eigenvalue weighted by molar-refractivity contribution is 5.89. The third kappa shape index (κ3) is 4.40. The Kier molecular flexibility index (Phi) is 5.89. The van der Waals surface area contributed by atoms with Crippen LogP contribution in [-0.4, -0.2) is 87.6 Å². The Morgan fingerprint density at radius 2 is 1.77 bits per heavy atom. The first-order valence-corrected chi connectivity index (χ1v) is 10.2. The zero-order chi connectivity index (χ0) is 21.1. The van der Waals surface area contributed by atoms with Gasteiger partial charge in [0, 0.05) is 76.8 Å². The van der Waals surface area contributed by atoms with Gasteiger partial charge in [-0.1, -0.05) is 0 Å². The van der Waals surface area contributed by atoms with Crippen LogP contribution in [0.2, 0.25) is 0 Å². The van der Waals surface area contributed by atoms with E-state index in [1.54, 1.807) is 36.5 Å². The van der Waals surface area contributed by atoms with Gasteiger partial charge in [0.15, 0.2) is 0 Å². The van der Waals surface area contributed by atoms with Crippen LogP contribution in [0.1, 0.15) is 6.42 Å². The molecule has 1 unspecified atom stereocenters. The molecule has 1 atom stereocenters. The predicted molar refractivity (Wildman–Crippen MR) is 110 cm³/mol. The number of carbonyl (C=O) groups excluding carboxylic acids is 2. The molecule has 2 aliphatic rings. The zero-order valence-electron chi connectivity index (χ0n) is 17.1. The number of hydrogen-bond acceptors (Lipinski definition) is 6. The second-order valence-electron chi connectivity index (χ2n) is 7.86. The number of likely N-dealkylation sites (tertiary alicyclic amines) is 1. The second-order valence-corrected chi connectivity index (χ2v) is 7.86. The molecule has 0 aromatic carbocycles. The van der Waals surface area contributed by atoms with Gasteiger partial charge in [0.05, 0.1) is 18.2 Å². The van der Waals surface area contributed by atoms with Gasteiger partial charge in [-0.15, -0.1) is 0 Å². The van der Waals surface area contributed by atoms with Crippen molar-refractivity contribution in [3.05, 3.63) is 47.0 Å². The number of rotatable bonds is 5. The summed E-state index contributed by atoms with van der Waals surface area (Å²) in [5.41, 5.74) is 1.53. The van der Waals surface area contributed by atoms with Crippen molar-refractivity contribution >= 4 is 11.8 Å². The summed E-state index contributed by atoms with van der Waals surface area (Å²) in [4.78, 5) is 46.3. The molecule has 2 amide bonds. The minimum absolute atomic E-state index is 0.0407. The smallest absolute Gasteiger partial charge is 0.266 e. The summed E-state index contributed by atoms with van der Waals surface area (Å²) in [6.07, 6.45) is 3.72. The van der Waals surface area contributed by atoms with E-state index in [9.17, 15) is 14.4 Å². The summed E-state index contributed by atoms with van der Waals surface area (Å²) >= 11 is 0. The molecule has 2 aliphatic heterocycles. The van der Waals surface area contributed by atoms with Crippen LogP contribution in [0, 0.1) is 5.92 Å². The number of nitrogens with zero attached hydrogens (tertiary/aromatic N) is 6. The summed E-state index contributed by atoms with van der Waals surface area (Å²) in [5, 5.41) is 4.49. The van der Waals surface area contributed by atoms with Crippen LogP contribution < -0.4 is 5.56 Å². The van der Waals surface area contributed by atoms with Gasteiger partial charge in [-0.05, 0) is 18.2 Å². The summed E-state index contributed by atoms with van der Waals surface area (Å²) in [6, 6.07) is 7.00. The van der Waals surface area contributed by atoms with Crippen LogP contribution in [0.5, 0.6) is 0 Å². The maximum Gasteiger partial charge on any atom is 0.266 e. The van der Waals surface area contributed by atoms with Crippen LogP contribution in [-0.2, 0) is 16.1 Å². The summed E-state index contributed by atoms with van der Waals surface area (Å²) < 4.78 is 1.49. The number of piperazine rings is 1. The van der Waals surface area contributed by atoms with Gasteiger partial charge in [-0.3, -0.25) is 24.3 Å². The molecule has 30 heavy (non-hydrogen) atoms. The standard InChI is InChI=1S/C21H26N6O3/c1-24-15-17(14-20(24)29)21(30)26-11-8-25(9-12-26)10-13-27-19(28)3-2-18(23-27)16-4-6-22-7-5-16/h2-7,17H,8-15H2,1H3. The van der Waals surface area contributed by atoms with E-state index in [1.165, 1.54) is 4.68 Å². The van der Waals surface area contributed by atoms with Crippen molar-refractivity contribution in [2.75, 3.05) is 46.3 Å². The van der Waals surface area contributed by atoms with E-state index in [2.05, 4.69) is 15.0 Å². The first-order chi connectivity index (χ1) is 14.5. The maximum atomic E-state index is 12.7. The van der Waals surface area contributed by atoms with Crippen molar-refractivity contribution in [1.82, 2.24) is 29.5 Å². The van der Waals surface area contributed by atoms with E-state index in [0.717, 1.165) is 24.3 Å².